The molecule has 7 aliphatic heterocycles. The molecule has 0 spiro atoms. The predicted octanol–water partition coefficient (Wildman–Crippen LogP) is 4.35. The van der Waals surface area contributed by atoms with Crippen LogP contribution in [0.2, 0.25) is 0 Å². The number of carbonyl (C=O) groups excluding carboxylic acids is 1. The first-order valence-electron chi connectivity index (χ1n) is 21.5. The lowest BCUT2D eigenvalue weighted by atomic mass is 9.81. The van der Waals surface area contributed by atoms with E-state index in [9.17, 15) is 15.0 Å². The molecule has 0 aromatic heterocycles. The lowest BCUT2D eigenvalue weighted by molar-refractivity contribution is -0.268. The van der Waals surface area contributed by atoms with Crippen LogP contribution in [0, 0.1) is 17.8 Å². The van der Waals surface area contributed by atoms with Crippen molar-refractivity contribution < 1.29 is 52.9 Å². The van der Waals surface area contributed by atoms with Crippen LogP contribution in [0.4, 0.5) is 0 Å². The van der Waals surface area contributed by atoms with Crippen molar-refractivity contribution in [3.8, 4) is 0 Å². The Labute approximate surface area is 328 Å². The zero-order valence-electron chi connectivity index (χ0n) is 33.6. The second-order valence-electron chi connectivity index (χ2n) is 17.9. The van der Waals surface area contributed by atoms with Crippen LogP contribution in [-0.4, -0.2) is 134 Å². The number of hydrogen-bond acceptors (Lipinski definition) is 12. The summed E-state index contributed by atoms with van der Waals surface area (Å²) in [7, 11) is 1.65. The second kappa shape index (κ2) is 18.3. The van der Waals surface area contributed by atoms with Crippen molar-refractivity contribution in [3.63, 3.8) is 0 Å². The Hall–Kier alpha value is -1.29. The summed E-state index contributed by atoms with van der Waals surface area (Å²) < 4.78 is 52.4. The molecule has 7 rings (SSSR count). The summed E-state index contributed by atoms with van der Waals surface area (Å²) in [5.74, 6) is 0.408. The van der Waals surface area contributed by atoms with E-state index in [1.54, 1.807) is 7.11 Å². The number of rotatable bonds is 6. The van der Waals surface area contributed by atoms with Gasteiger partial charge in [0.25, 0.3) is 0 Å². The number of nitrogens with two attached hydrogens (primary N) is 1. The number of ketones is 1. The van der Waals surface area contributed by atoms with Crippen LogP contribution in [0.1, 0.15) is 104 Å². The Morgan fingerprint density at radius 3 is 2.27 bits per heavy atom. The van der Waals surface area contributed by atoms with Crippen molar-refractivity contribution in [2.24, 2.45) is 23.5 Å². The summed E-state index contributed by atoms with van der Waals surface area (Å²) in [6.45, 7) is 15.9. The molecule has 0 aromatic rings. The van der Waals surface area contributed by atoms with E-state index in [0.29, 0.717) is 44.6 Å². The second-order valence-corrected chi connectivity index (χ2v) is 17.9. The Bertz CT molecular complexity index is 1330. The average Bonchev–Trinajstić information content (AvgIpc) is 3.78. The number of ether oxygens (including phenoxy) is 8. The molecule has 19 atom stereocenters. The number of aliphatic hydroxyl groups excluding tert-OH is 2. The number of methoxy groups -OCH3 is 1. The number of hydrogen-bond donors (Lipinski definition) is 3. The minimum Gasteiger partial charge on any atom is -0.392 e. The number of carbonyl (C=O) groups is 1. The first-order valence-corrected chi connectivity index (χ1v) is 21.5. The fraction of sp³-hybridized carbons (Fsp3) is 0.884. The lowest BCUT2D eigenvalue weighted by Crippen LogP contribution is -2.62. The minimum absolute atomic E-state index is 0.00396. The molecule has 7 saturated heterocycles. The van der Waals surface area contributed by atoms with Crippen LogP contribution in [0.25, 0.3) is 0 Å². The van der Waals surface area contributed by atoms with Gasteiger partial charge in [0.05, 0.1) is 67.1 Å². The summed E-state index contributed by atoms with van der Waals surface area (Å²) >= 11 is 0. The zero-order chi connectivity index (χ0) is 39.0. The third-order valence-electron chi connectivity index (χ3n) is 13.9. The first kappa shape index (κ1) is 41.9. The van der Waals surface area contributed by atoms with E-state index in [2.05, 4.69) is 27.0 Å². The average molecular weight is 776 g/mol. The highest BCUT2D eigenvalue weighted by atomic mass is 16.6. The van der Waals surface area contributed by atoms with E-state index < -0.39 is 48.8 Å². The van der Waals surface area contributed by atoms with Gasteiger partial charge in [-0.15, -0.1) is 0 Å². The van der Waals surface area contributed by atoms with Crippen molar-refractivity contribution in [1.82, 2.24) is 0 Å². The molecule has 55 heavy (non-hydrogen) atoms. The van der Waals surface area contributed by atoms with Crippen molar-refractivity contribution in [2.45, 2.75) is 202 Å². The maximum atomic E-state index is 14.1. The standard InChI is InChI=1S/C43H69NO11/c1-7-49-42-40-33-13-11-30(52-40)17-26(45)18-31-35(53-37(39(31)48-6)19-27(46)21-44)20-34-25(5)23(3)15-29(51-34)10-12-32-24(4)16-28(50-32)9-8-22(2)14-36-38(47)41(54-33)43(42)55-36/h22-23,27-43,46-47H,4-5,7-21,44H2,1-3,6H3/t22?,23-,27?,28?,29?,30?,31?,32+,33?,34?,35?,36-,37?,38?,39-,40+,41+,42?,43?/m1/s1. The largest absolute Gasteiger partial charge is 0.392 e. The van der Waals surface area contributed by atoms with E-state index >= 15 is 0 Å². The van der Waals surface area contributed by atoms with E-state index in [-0.39, 0.29) is 85.8 Å². The van der Waals surface area contributed by atoms with Crippen LogP contribution >= 0.6 is 0 Å². The smallest absolute Gasteiger partial charge is 0.135 e. The minimum atomic E-state index is -0.757. The highest BCUT2D eigenvalue weighted by molar-refractivity contribution is 5.79. The third kappa shape index (κ3) is 9.30. The van der Waals surface area contributed by atoms with Crippen LogP contribution in [0.5, 0.6) is 0 Å². The number of fused-ring (bicyclic) bond motifs is 7. The van der Waals surface area contributed by atoms with Gasteiger partial charge >= 0.3 is 0 Å². The van der Waals surface area contributed by atoms with E-state index in [4.69, 9.17) is 43.6 Å². The molecule has 12 heteroatoms. The van der Waals surface area contributed by atoms with Crippen LogP contribution in [0.3, 0.4) is 0 Å². The Kier molecular flexibility index (Phi) is 13.9. The zero-order valence-corrected chi connectivity index (χ0v) is 33.6. The summed E-state index contributed by atoms with van der Waals surface area (Å²) in [5, 5.41) is 22.1. The van der Waals surface area contributed by atoms with Gasteiger partial charge in [-0.25, -0.2) is 0 Å². The van der Waals surface area contributed by atoms with Gasteiger partial charge < -0.3 is 53.8 Å². The quantitative estimate of drug-likeness (QED) is 0.329. The van der Waals surface area contributed by atoms with E-state index in [0.717, 1.165) is 49.7 Å². The van der Waals surface area contributed by atoms with Gasteiger partial charge in [0.1, 0.15) is 36.3 Å². The van der Waals surface area contributed by atoms with Crippen molar-refractivity contribution in [2.75, 3.05) is 20.3 Å². The number of aliphatic hydroxyl groups is 2. The van der Waals surface area contributed by atoms with Crippen LogP contribution in [0.15, 0.2) is 24.3 Å². The van der Waals surface area contributed by atoms with Gasteiger partial charge in [0.15, 0.2) is 0 Å². The van der Waals surface area contributed by atoms with Gasteiger partial charge in [-0.3, -0.25) is 4.79 Å². The molecule has 12 nitrogen and oxygen atoms in total. The molecule has 7 fully saturated rings. The fourth-order valence-electron chi connectivity index (χ4n) is 10.9. The molecule has 7 heterocycles. The van der Waals surface area contributed by atoms with Gasteiger partial charge in [-0.05, 0) is 87.7 Å². The summed E-state index contributed by atoms with van der Waals surface area (Å²) in [6.07, 6.45) is 3.36. The topological polar surface area (TPSA) is 157 Å². The van der Waals surface area contributed by atoms with Crippen LogP contribution in [-0.2, 0) is 42.7 Å². The maximum absolute atomic E-state index is 14.1. The van der Waals surface area contributed by atoms with Gasteiger partial charge in [0.2, 0.25) is 0 Å². The predicted molar refractivity (Wildman–Crippen MR) is 204 cm³/mol. The normalized spacial score (nSPS) is 47.7. The van der Waals surface area contributed by atoms with Gasteiger partial charge in [-0.1, -0.05) is 27.0 Å². The van der Waals surface area contributed by atoms with Gasteiger partial charge in [-0.2, -0.15) is 0 Å². The van der Waals surface area contributed by atoms with E-state index in [1.807, 2.05) is 6.92 Å². The third-order valence-corrected chi connectivity index (χ3v) is 13.9. The number of Topliss-reactive ketones (excluding diaryl/α,β-unsaturated/α-hetero) is 1. The molecule has 4 N–H and O–H groups in total. The molecule has 312 valence electrons. The molecule has 13 unspecified atom stereocenters. The Morgan fingerprint density at radius 2 is 1.51 bits per heavy atom. The molecule has 0 saturated carbocycles. The SMILES string of the molecule is C=C1C2CC3OC(CC(O)CN)[C@H](OC)C3CC(=O)CC3CCC4O[C@@H]5C(O[C@H](CC(C)CCC6CC(=C)[C@H](CCC(C[C@H]1C)O2)O6)C5O)C(OCC)[C@H]4O3. The fourth-order valence-corrected chi connectivity index (χ4v) is 10.9. The molecule has 8 bridgehead atoms. The molecule has 0 radical (unpaired) electrons. The van der Waals surface area contributed by atoms with Gasteiger partial charge in [0, 0.05) is 51.9 Å². The first-order chi connectivity index (χ1) is 26.5. The summed E-state index contributed by atoms with van der Waals surface area (Å²) in [6, 6.07) is 0. The molecule has 7 aliphatic rings. The highest BCUT2D eigenvalue weighted by Gasteiger charge is 2.58. The maximum Gasteiger partial charge on any atom is 0.135 e. The van der Waals surface area contributed by atoms with Crippen LogP contribution < -0.4 is 5.73 Å². The molecule has 0 aromatic carbocycles. The molecular formula is C43H69NO11. The van der Waals surface area contributed by atoms with Crippen molar-refractivity contribution in [3.05, 3.63) is 24.3 Å². The van der Waals surface area contributed by atoms with Crippen molar-refractivity contribution >= 4 is 5.78 Å². The Morgan fingerprint density at radius 1 is 0.782 bits per heavy atom. The Balaban J connectivity index is 1.13. The molecular weight excluding hydrogens is 706 g/mol. The highest BCUT2D eigenvalue weighted by Crippen LogP contribution is 2.44. The lowest BCUT2D eigenvalue weighted by Gasteiger charge is -2.47. The summed E-state index contributed by atoms with van der Waals surface area (Å²) in [4.78, 5) is 14.1. The molecule has 0 aliphatic carbocycles. The monoisotopic (exact) mass is 775 g/mol. The summed E-state index contributed by atoms with van der Waals surface area (Å²) in [5.41, 5.74) is 8.02. The van der Waals surface area contributed by atoms with E-state index in [1.165, 1.54) is 0 Å². The van der Waals surface area contributed by atoms with Crippen molar-refractivity contribution in [1.29, 1.82) is 0 Å². The molecule has 0 amide bonds.